The maximum Gasteiger partial charge on any atom is 0.314 e. The molecule has 2 N–H and O–H groups in total. The summed E-state index contributed by atoms with van der Waals surface area (Å²) in [5.74, 6) is 0.926. The van der Waals surface area contributed by atoms with E-state index in [1.807, 2.05) is 29.0 Å². The number of aryl methyl sites for hydroxylation is 1. The number of amides is 2. The molecule has 3 rings (SSSR count). The Bertz CT molecular complexity index is 587. The number of rotatable bonds is 6. The van der Waals surface area contributed by atoms with Crippen LogP contribution in [0.3, 0.4) is 0 Å². The Hall–Kier alpha value is -2.50. The minimum atomic E-state index is -0.148. The summed E-state index contributed by atoms with van der Waals surface area (Å²) in [6.45, 7) is 2.00. The second kappa shape index (κ2) is 6.98. The Labute approximate surface area is 129 Å². The second-order valence-electron chi connectivity index (χ2n) is 5.34. The Kier molecular flexibility index (Phi) is 4.58. The van der Waals surface area contributed by atoms with Crippen molar-refractivity contribution in [3.8, 4) is 5.75 Å². The minimum Gasteiger partial charge on any atom is -0.488 e. The van der Waals surface area contributed by atoms with Crippen LogP contribution in [-0.4, -0.2) is 34.8 Å². The van der Waals surface area contributed by atoms with E-state index in [2.05, 4.69) is 21.7 Å². The molecule has 2 heterocycles. The van der Waals surface area contributed by atoms with Crippen molar-refractivity contribution < 1.29 is 9.53 Å². The molecule has 0 bridgehead atoms. The van der Waals surface area contributed by atoms with E-state index >= 15 is 0 Å². The average Bonchev–Trinajstić information content (AvgIpc) is 3.18. The van der Waals surface area contributed by atoms with E-state index in [0.29, 0.717) is 13.1 Å². The third kappa shape index (κ3) is 3.78. The zero-order valence-corrected chi connectivity index (χ0v) is 12.4. The highest BCUT2D eigenvalue weighted by Crippen LogP contribution is 2.27. The minimum absolute atomic E-state index is 0.0223. The lowest BCUT2D eigenvalue weighted by molar-refractivity contribution is 0.214. The number of nitrogens with zero attached hydrogens (tertiary/aromatic N) is 2. The largest absolute Gasteiger partial charge is 0.488 e. The van der Waals surface area contributed by atoms with Crippen LogP contribution in [0.25, 0.3) is 0 Å². The topological polar surface area (TPSA) is 68.2 Å². The van der Waals surface area contributed by atoms with Gasteiger partial charge in [-0.25, -0.2) is 9.78 Å². The van der Waals surface area contributed by atoms with Gasteiger partial charge in [0, 0.05) is 31.9 Å². The van der Waals surface area contributed by atoms with Crippen LogP contribution in [-0.2, 0) is 13.0 Å². The van der Waals surface area contributed by atoms with Gasteiger partial charge < -0.3 is 19.9 Å². The van der Waals surface area contributed by atoms with Gasteiger partial charge in [-0.15, -0.1) is 0 Å². The van der Waals surface area contributed by atoms with Gasteiger partial charge in [-0.3, -0.25) is 0 Å². The van der Waals surface area contributed by atoms with Crippen LogP contribution < -0.4 is 15.4 Å². The molecule has 2 aromatic rings. The van der Waals surface area contributed by atoms with Gasteiger partial charge in [0.15, 0.2) is 0 Å². The molecule has 1 unspecified atom stereocenters. The molecule has 2 amide bonds. The van der Waals surface area contributed by atoms with Crippen LogP contribution in [0.1, 0.15) is 12.0 Å². The van der Waals surface area contributed by atoms with Gasteiger partial charge in [0.25, 0.3) is 0 Å². The summed E-state index contributed by atoms with van der Waals surface area (Å²) in [5.41, 5.74) is 1.20. The first kappa shape index (κ1) is 14.4. The fraction of sp³-hybridized carbons (Fsp3) is 0.375. The predicted molar refractivity (Wildman–Crippen MR) is 82.8 cm³/mol. The monoisotopic (exact) mass is 300 g/mol. The van der Waals surface area contributed by atoms with Crippen molar-refractivity contribution in [3.63, 3.8) is 0 Å². The van der Waals surface area contributed by atoms with E-state index in [0.717, 1.165) is 25.1 Å². The summed E-state index contributed by atoms with van der Waals surface area (Å²) in [6, 6.07) is 7.84. The van der Waals surface area contributed by atoms with E-state index in [1.54, 1.807) is 12.5 Å². The number of benzene rings is 1. The van der Waals surface area contributed by atoms with Gasteiger partial charge in [0.2, 0.25) is 0 Å². The molecule has 6 nitrogen and oxygen atoms in total. The number of urea groups is 1. The molecule has 0 radical (unpaired) electrons. The number of fused-ring (bicyclic) bond motifs is 1. The molecule has 1 aromatic carbocycles. The smallest absolute Gasteiger partial charge is 0.314 e. The number of nitrogens with one attached hydrogen (secondary N) is 2. The highest BCUT2D eigenvalue weighted by molar-refractivity contribution is 5.73. The number of carbonyl (C=O) groups is 1. The van der Waals surface area contributed by atoms with Crippen LogP contribution in [0.4, 0.5) is 4.79 Å². The van der Waals surface area contributed by atoms with Gasteiger partial charge >= 0.3 is 6.03 Å². The number of hydrogen-bond acceptors (Lipinski definition) is 3. The second-order valence-corrected chi connectivity index (χ2v) is 5.34. The first-order valence-electron chi connectivity index (χ1n) is 7.53. The van der Waals surface area contributed by atoms with Gasteiger partial charge in [0.05, 0.1) is 12.9 Å². The van der Waals surface area contributed by atoms with Crippen molar-refractivity contribution >= 4 is 6.03 Å². The first-order valence-corrected chi connectivity index (χ1v) is 7.53. The van der Waals surface area contributed by atoms with E-state index in [1.165, 1.54) is 5.56 Å². The Morgan fingerprint density at radius 1 is 1.36 bits per heavy atom. The molecule has 22 heavy (non-hydrogen) atoms. The normalized spacial score (nSPS) is 15.9. The summed E-state index contributed by atoms with van der Waals surface area (Å²) in [4.78, 5) is 15.7. The standard InChI is InChI=1S/C16H20N4O2/c21-16(18-6-3-8-20-9-7-17-12-20)19-11-14-10-13-4-1-2-5-15(13)22-14/h1-2,4-5,7,9,12,14H,3,6,8,10-11H2,(H2,18,19,21). The lowest BCUT2D eigenvalue weighted by Crippen LogP contribution is -2.41. The maximum atomic E-state index is 11.7. The van der Waals surface area contributed by atoms with Gasteiger partial charge in [0.1, 0.15) is 11.9 Å². The number of hydrogen-bond donors (Lipinski definition) is 2. The summed E-state index contributed by atoms with van der Waals surface area (Å²) >= 11 is 0. The number of para-hydroxylation sites is 1. The Balaban J connectivity index is 1.30. The fourth-order valence-electron chi connectivity index (χ4n) is 2.52. The third-order valence-corrected chi connectivity index (χ3v) is 3.64. The number of aromatic nitrogens is 2. The van der Waals surface area contributed by atoms with E-state index in [-0.39, 0.29) is 12.1 Å². The van der Waals surface area contributed by atoms with Crippen LogP contribution >= 0.6 is 0 Å². The quantitative estimate of drug-likeness (QED) is 0.796. The zero-order chi connectivity index (χ0) is 15.2. The van der Waals surface area contributed by atoms with Crippen molar-refractivity contribution in [1.82, 2.24) is 20.2 Å². The summed E-state index contributed by atoms with van der Waals surface area (Å²) in [5, 5.41) is 5.71. The van der Waals surface area contributed by atoms with Crippen molar-refractivity contribution in [2.75, 3.05) is 13.1 Å². The zero-order valence-electron chi connectivity index (χ0n) is 12.4. The molecular formula is C16H20N4O2. The molecule has 1 aliphatic rings. The molecule has 6 heteroatoms. The van der Waals surface area contributed by atoms with Crippen molar-refractivity contribution in [1.29, 1.82) is 0 Å². The molecule has 1 aromatic heterocycles. The van der Waals surface area contributed by atoms with E-state index in [4.69, 9.17) is 4.74 Å². The third-order valence-electron chi connectivity index (χ3n) is 3.64. The van der Waals surface area contributed by atoms with Crippen molar-refractivity contribution in [3.05, 3.63) is 48.5 Å². The van der Waals surface area contributed by atoms with Crippen LogP contribution in [0.15, 0.2) is 43.0 Å². The highest BCUT2D eigenvalue weighted by atomic mass is 16.5. The number of ether oxygens (including phenoxy) is 1. The van der Waals surface area contributed by atoms with Gasteiger partial charge in [-0.05, 0) is 18.1 Å². The Morgan fingerprint density at radius 2 is 2.27 bits per heavy atom. The lowest BCUT2D eigenvalue weighted by atomic mass is 10.1. The van der Waals surface area contributed by atoms with Crippen LogP contribution in [0.2, 0.25) is 0 Å². The summed E-state index contributed by atoms with van der Waals surface area (Å²) < 4.78 is 7.77. The lowest BCUT2D eigenvalue weighted by Gasteiger charge is -2.12. The van der Waals surface area contributed by atoms with E-state index in [9.17, 15) is 4.79 Å². The van der Waals surface area contributed by atoms with Crippen molar-refractivity contribution in [2.24, 2.45) is 0 Å². The predicted octanol–water partition coefficient (Wildman–Crippen LogP) is 1.58. The molecule has 0 fully saturated rings. The molecule has 0 saturated heterocycles. The maximum absolute atomic E-state index is 11.7. The summed E-state index contributed by atoms with van der Waals surface area (Å²) in [7, 11) is 0. The first-order chi connectivity index (χ1) is 10.8. The molecule has 1 aliphatic heterocycles. The molecule has 116 valence electrons. The van der Waals surface area contributed by atoms with Crippen LogP contribution in [0.5, 0.6) is 5.75 Å². The molecule has 1 atom stereocenters. The average molecular weight is 300 g/mol. The molecule has 0 aliphatic carbocycles. The Morgan fingerprint density at radius 3 is 3.09 bits per heavy atom. The number of carbonyl (C=O) groups excluding carboxylic acids is 1. The van der Waals surface area contributed by atoms with Crippen LogP contribution in [0, 0.1) is 0 Å². The highest BCUT2D eigenvalue weighted by Gasteiger charge is 2.22. The van der Waals surface area contributed by atoms with Gasteiger partial charge in [-0.2, -0.15) is 0 Å². The molecule has 0 saturated carbocycles. The number of imidazole rings is 1. The molecular weight excluding hydrogens is 280 g/mol. The SMILES string of the molecule is O=C(NCCCn1ccnc1)NCC1Cc2ccccc2O1. The van der Waals surface area contributed by atoms with Crippen molar-refractivity contribution in [2.45, 2.75) is 25.5 Å². The summed E-state index contributed by atoms with van der Waals surface area (Å²) in [6.07, 6.45) is 7.17. The molecule has 0 spiro atoms. The fourth-order valence-corrected chi connectivity index (χ4v) is 2.52. The van der Waals surface area contributed by atoms with E-state index < -0.39 is 0 Å². The van der Waals surface area contributed by atoms with Gasteiger partial charge in [-0.1, -0.05) is 18.2 Å².